The molecule has 12 heavy (non-hydrogen) atoms. The molecule has 1 aromatic heterocycles. The fraction of sp³-hybridized carbons (Fsp3) is 0.556. The first-order valence-electron chi connectivity index (χ1n) is 4.27. The van der Waals surface area contributed by atoms with Crippen LogP contribution >= 0.6 is 0 Å². The molecular formula is C9H13N3. The Kier molecular flexibility index (Phi) is 1.61. The molecule has 0 bridgehead atoms. The molecule has 2 N–H and O–H groups in total. The van der Waals surface area contributed by atoms with Gasteiger partial charge in [0.1, 0.15) is 0 Å². The first kappa shape index (κ1) is 7.68. The Hall–Kier alpha value is -0.960. The molecule has 3 heteroatoms. The normalized spacial score (nSPS) is 19.2. The quantitative estimate of drug-likeness (QED) is 0.700. The van der Waals surface area contributed by atoms with Gasteiger partial charge in [-0.25, -0.2) is 0 Å². The molecule has 0 amide bonds. The second-order valence-electron chi connectivity index (χ2n) is 3.47. The molecule has 64 valence electrons. The topological polar surface area (TPSA) is 51.8 Å². The van der Waals surface area contributed by atoms with E-state index in [0.29, 0.717) is 6.54 Å². The molecule has 1 saturated carbocycles. The van der Waals surface area contributed by atoms with Crippen molar-refractivity contribution in [3.8, 4) is 0 Å². The molecule has 0 atom stereocenters. The smallest absolute Gasteiger partial charge is 0.0690 e. The van der Waals surface area contributed by atoms with Crippen molar-refractivity contribution in [1.82, 2.24) is 9.97 Å². The zero-order valence-electron chi connectivity index (χ0n) is 7.25. The van der Waals surface area contributed by atoms with E-state index in [2.05, 4.69) is 9.97 Å². The molecule has 3 nitrogen and oxygen atoms in total. The van der Waals surface area contributed by atoms with Crippen molar-refractivity contribution in [1.29, 1.82) is 0 Å². The molecule has 0 aliphatic heterocycles. The Labute approximate surface area is 72.0 Å². The lowest BCUT2D eigenvalue weighted by Crippen LogP contribution is -2.22. The van der Waals surface area contributed by atoms with E-state index < -0.39 is 0 Å². The van der Waals surface area contributed by atoms with Crippen LogP contribution in [-0.4, -0.2) is 16.5 Å². The standard InChI is InChI=1S/C9H13N3/c1-7-8(12-5-4-11-7)9(6-10)2-3-9/h4-5H,2-3,6,10H2,1H3. The molecule has 1 aromatic rings. The van der Waals surface area contributed by atoms with Gasteiger partial charge in [0, 0.05) is 24.4 Å². The number of aromatic nitrogens is 2. The minimum atomic E-state index is 0.179. The highest BCUT2D eigenvalue weighted by Gasteiger charge is 2.45. The first-order valence-corrected chi connectivity index (χ1v) is 4.27. The summed E-state index contributed by atoms with van der Waals surface area (Å²) < 4.78 is 0. The lowest BCUT2D eigenvalue weighted by atomic mass is 10.0. The molecule has 0 saturated heterocycles. The van der Waals surface area contributed by atoms with Gasteiger partial charge in [-0.15, -0.1) is 0 Å². The fourth-order valence-corrected chi connectivity index (χ4v) is 1.62. The predicted molar refractivity (Wildman–Crippen MR) is 46.7 cm³/mol. The van der Waals surface area contributed by atoms with E-state index in [1.165, 1.54) is 12.8 Å². The van der Waals surface area contributed by atoms with Gasteiger partial charge in [0.05, 0.1) is 11.4 Å². The molecule has 1 aliphatic carbocycles. The van der Waals surface area contributed by atoms with Gasteiger partial charge in [0.2, 0.25) is 0 Å². The lowest BCUT2D eigenvalue weighted by molar-refractivity contribution is 0.665. The third-order valence-electron chi connectivity index (χ3n) is 2.63. The van der Waals surface area contributed by atoms with Crippen LogP contribution in [0.5, 0.6) is 0 Å². The van der Waals surface area contributed by atoms with Crippen LogP contribution in [0.4, 0.5) is 0 Å². The molecule has 0 aromatic carbocycles. The average Bonchev–Trinajstić information content (AvgIpc) is 2.86. The van der Waals surface area contributed by atoms with Crippen molar-refractivity contribution < 1.29 is 0 Å². The Balaban J connectivity index is 2.40. The van der Waals surface area contributed by atoms with Crippen LogP contribution in [0, 0.1) is 6.92 Å². The summed E-state index contributed by atoms with van der Waals surface area (Å²) in [7, 11) is 0. The van der Waals surface area contributed by atoms with Crippen molar-refractivity contribution in [3.05, 3.63) is 23.8 Å². The minimum Gasteiger partial charge on any atom is -0.330 e. The summed E-state index contributed by atoms with van der Waals surface area (Å²) >= 11 is 0. The highest BCUT2D eigenvalue weighted by Crippen LogP contribution is 2.46. The Morgan fingerprint density at radius 3 is 2.58 bits per heavy atom. The summed E-state index contributed by atoms with van der Waals surface area (Å²) in [5, 5.41) is 0. The van der Waals surface area contributed by atoms with Crippen LogP contribution in [0.25, 0.3) is 0 Å². The number of rotatable bonds is 2. The molecule has 0 radical (unpaired) electrons. The van der Waals surface area contributed by atoms with Gasteiger partial charge in [-0.05, 0) is 19.8 Å². The van der Waals surface area contributed by atoms with Gasteiger partial charge < -0.3 is 5.73 Å². The van der Waals surface area contributed by atoms with Crippen molar-refractivity contribution in [3.63, 3.8) is 0 Å². The van der Waals surface area contributed by atoms with Gasteiger partial charge in [0.25, 0.3) is 0 Å². The molecule has 1 fully saturated rings. The third-order valence-corrected chi connectivity index (χ3v) is 2.63. The van der Waals surface area contributed by atoms with E-state index in [0.717, 1.165) is 11.4 Å². The molecular weight excluding hydrogens is 150 g/mol. The van der Waals surface area contributed by atoms with Crippen LogP contribution in [0.2, 0.25) is 0 Å². The van der Waals surface area contributed by atoms with Crippen molar-refractivity contribution in [2.75, 3.05) is 6.54 Å². The average molecular weight is 163 g/mol. The SMILES string of the molecule is Cc1nccnc1C1(CN)CC1. The summed E-state index contributed by atoms with van der Waals surface area (Å²) in [6, 6.07) is 0. The maximum Gasteiger partial charge on any atom is 0.0690 e. The third kappa shape index (κ3) is 1.01. The summed E-state index contributed by atoms with van der Waals surface area (Å²) in [6.45, 7) is 2.70. The fourth-order valence-electron chi connectivity index (χ4n) is 1.62. The van der Waals surface area contributed by atoms with Gasteiger partial charge >= 0.3 is 0 Å². The highest BCUT2D eigenvalue weighted by molar-refractivity contribution is 5.28. The van der Waals surface area contributed by atoms with E-state index >= 15 is 0 Å². The second kappa shape index (κ2) is 2.52. The van der Waals surface area contributed by atoms with Crippen molar-refractivity contribution in [2.45, 2.75) is 25.2 Å². The van der Waals surface area contributed by atoms with E-state index in [1.54, 1.807) is 12.4 Å². The maximum absolute atomic E-state index is 5.70. The van der Waals surface area contributed by atoms with Crippen molar-refractivity contribution in [2.24, 2.45) is 5.73 Å². The van der Waals surface area contributed by atoms with Crippen LogP contribution < -0.4 is 5.73 Å². The molecule has 0 spiro atoms. The van der Waals surface area contributed by atoms with E-state index in [4.69, 9.17) is 5.73 Å². The number of nitrogens with zero attached hydrogens (tertiary/aromatic N) is 2. The van der Waals surface area contributed by atoms with Gasteiger partial charge in [0.15, 0.2) is 0 Å². The minimum absolute atomic E-state index is 0.179. The van der Waals surface area contributed by atoms with Gasteiger partial charge in [-0.3, -0.25) is 9.97 Å². The van der Waals surface area contributed by atoms with Gasteiger partial charge in [-0.2, -0.15) is 0 Å². The number of hydrogen-bond donors (Lipinski definition) is 1. The summed E-state index contributed by atoms with van der Waals surface area (Å²) in [5.41, 5.74) is 8.01. The summed E-state index contributed by atoms with van der Waals surface area (Å²) in [6.07, 6.45) is 5.82. The number of nitrogens with two attached hydrogens (primary N) is 1. The maximum atomic E-state index is 5.70. The Morgan fingerprint density at radius 1 is 1.42 bits per heavy atom. The van der Waals surface area contributed by atoms with Gasteiger partial charge in [-0.1, -0.05) is 0 Å². The zero-order chi connectivity index (χ0) is 8.60. The molecule has 2 rings (SSSR count). The van der Waals surface area contributed by atoms with Crippen LogP contribution in [-0.2, 0) is 5.41 Å². The van der Waals surface area contributed by atoms with Crippen molar-refractivity contribution >= 4 is 0 Å². The number of aryl methyl sites for hydroxylation is 1. The van der Waals surface area contributed by atoms with E-state index in [1.807, 2.05) is 6.92 Å². The molecule has 0 unspecified atom stereocenters. The number of hydrogen-bond acceptors (Lipinski definition) is 3. The lowest BCUT2D eigenvalue weighted by Gasteiger charge is -2.12. The monoisotopic (exact) mass is 163 g/mol. The second-order valence-corrected chi connectivity index (χ2v) is 3.47. The van der Waals surface area contributed by atoms with E-state index in [9.17, 15) is 0 Å². The first-order chi connectivity index (χ1) is 5.78. The zero-order valence-corrected chi connectivity index (χ0v) is 7.25. The van der Waals surface area contributed by atoms with Crippen LogP contribution in [0.15, 0.2) is 12.4 Å². The van der Waals surface area contributed by atoms with Crippen LogP contribution in [0.3, 0.4) is 0 Å². The Bertz CT molecular complexity index is 292. The van der Waals surface area contributed by atoms with E-state index in [-0.39, 0.29) is 5.41 Å². The summed E-state index contributed by atoms with van der Waals surface area (Å²) in [4.78, 5) is 8.56. The largest absolute Gasteiger partial charge is 0.330 e. The molecule has 1 heterocycles. The van der Waals surface area contributed by atoms with Crippen LogP contribution in [0.1, 0.15) is 24.2 Å². The summed E-state index contributed by atoms with van der Waals surface area (Å²) in [5.74, 6) is 0. The Morgan fingerprint density at radius 2 is 2.08 bits per heavy atom. The predicted octanol–water partition coefficient (Wildman–Crippen LogP) is 0.775. The molecule has 1 aliphatic rings. The highest BCUT2D eigenvalue weighted by atomic mass is 14.8.